The summed E-state index contributed by atoms with van der Waals surface area (Å²) in [4.78, 5) is 11.2. The van der Waals surface area contributed by atoms with Crippen LogP contribution >= 0.6 is 0 Å². The maximum atomic E-state index is 11.2. The number of ketones is 1. The Kier molecular flexibility index (Phi) is 3.47. The van der Waals surface area contributed by atoms with Crippen LogP contribution in [0.15, 0.2) is 24.3 Å². The topological polar surface area (TPSA) is 40.9 Å². The molecular weight excluding hydrogens is 174 g/mol. The number of hydrogen-bond acceptors (Lipinski definition) is 2. The second kappa shape index (κ2) is 4.84. The van der Waals surface area contributed by atoms with Gasteiger partial charge in [0.15, 0.2) is 5.78 Å². The van der Waals surface area contributed by atoms with E-state index < -0.39 is 0 Å². The Morgan fingerprint density at radius 2 is 2.14 bits per heavy atom. The Morgan fingerprint density at radius 1 is 1.43 bits per heavy atom. The predicted octanol–water partition coefficient (Wildman–Crippen LogP) is 2.15. The van der Waals surface area contributed by atoms with Crippen molar-refractivity contribution in [2.24, 2.45) is 0 Å². The van der Waals surface area contributed by atoms with Crippen molar-refractivity contribution in [1.29, 1.82) is 5.26 Å². The molecule has 2 heteroatoms. The smallest absolute Gasteiger partial charge is 0.161 e. The Balaban J connectivity index is 3.05. The highest BCUT2D eigenvalue weighted by atomic mass is 16.1. The molecule has 14 heavy (non-hydrogen) atoms. The van der Waals surface area contributed by atoms with Crippen LogP contribution in [0.4, 0.5) is 0 Å². The highest BCUT2D eigenvalue weighted by Crippen LogP contribution is 2.07. The number of rotatable bonds is 1. The molecule has 0 unspecified atom stereocenters. The Bertz CT molecular complexity index is 443. The van der Waals surface area contributed by atoms with E-state index in [1.807, 2.05) is 12.1 Å². The average molecular weight is 183 g/mol. The van der Waals surface area contributed by atoms with Gasteiger partial charge in [-0.1, -0.05) is 30.0 Å². The van der Waals surface area contributed by atoms with Crippen molar-refractivity contribution in [1.82, 2.24) is 0 Å². The number of nitrogens with zero attached hydrogens (tertiary/aromatic N) is 1. The first-order chi connectivity index (χ1) is 6.75. The van der Waals surface area contributed by atoms with Gasteiger partial charge in [0.25, 0.3) is 0 Å². The van der Waals surface area contributed by atoms with Crippen LogP contribution in [0.2, 0.25) is 0 Å². The summed E-state index contributed by atoms with van der Waals surface area (Å²) in [6.45, 7) is 1.50. The number of nitriles is 1. The van der Waals surface area contributed by atoms with E-state index in [1.54, 1.807) is 18.2 Å². The molecule has 68 valence electrons. The first kappa shape index (κ1) is 10.0. The van der Waals surface area contributed by atoms with Gasteiger partial charge < -0.3 is 0 Å². The van der Waals surface area contributed by atoms with Crippen LogP contribution in [0.3, 0.4) is 0 Å². The molecule has 0 amide bonds. The molecule has 0 aliphatic rings. The summed E-state index contributed by atoms with van der Waals surface area (Å²) >= 11 is 0. The molecule has 0 aliphatic heterocycles. The van der Waals surface area contributed by atoms with Crippen LogP contribution in [-0.2, 0) is 0 Å². The fourth-order valence-corrected chi connectivity index (χ4v) is 1.08. The zero-order chi connectivity index (χ0) is 10.4. The van der Waals surface area contributed by atoms with Gasteiger partial charge in [0.05, 0.1) is 12.5 Å². The monoisotopic (exact) mass is 183 g/mol. The van der Waals surface area contributed by atoms with E-state index in [0.29, 0.717) is 11.1 Å². The summed E-state index contributed by atoms with van der Waals surface area (Å²) in [6.07, 6.45) is 0.187. The molecule has 0 bridgehead atoms. The fraction of sp³-hybridized carbons (Fsp3) is 0.167. The number of Topliss-reactive ketones (excluding diaryl/α,β-unsaturated/α-hetero) is 1. The van der Waals surface area contributed by atoms with Crippen molar-refractivity contribution in [3.8, 4) is 17.9 Å². The summed E-state index contributed by atoms with van der Waals surface area (Å²) in [7, 11) is 0. The SMILES string of the molecule is CC(=O)c1ccccc1C#CCC#N. The normalized spacial score (nSPS) is 8.29. The average Bonchev–Trinajstić information content (AvgIpc) is 2.19. The van der Waals surface area contributed by atoms with Crippen LogP contribution in [0.5, 0.6) is 0 Å². The third-order valence-electron chi connectivity index (χ3n) is 1.70. The van der Waals surface area contributed by atoms with E-state index in [1.165, 1.54) is 6.92 Å². The molecule has 1 rings (SSSR count). The third kappa shape index (κ3) is 2.47. The number of hydrogen-bond donors (Lipinski definition) is 0. The Morgan fingerprint density at radius 3 is 2.79 bits per heavy atom. The van der Waals surface area contributed by atoms with Crippen LogP contribution in [0.1, 0.15) is 29.3 Å². The van der Waals surface area contributed by atoms with Crippen LogP contribution < -0.4 is 0 Å². The van der Waals surface area contributed by atoms with E-state index in [0.717, 1.165) is 0 Å². The van der Waals surface area contributed by atoms with Gasteiger partial charge in [0.2, 0.25) is 0 Å². The molecule has 0 saturated carbocycles. The van der Waals surface area contributed by atoms with Crippen molar-refractivity contribution in [3.05, 3.63) is 35.4 Å². The minimum atomic E-state index is -0.00754. The van der Waals surface area contributed by atoms with Crippen molar-refractivity contribution in [2.45, 2.75) is 13.3 Å². The van der Waals surface area contributed by atoms with Gasteiger partial charge in [-0.05, 0) is 13.0 Å². The first-order valence-corrected chi connectivity index (χ1v) is 4.21. The lowest BCUT2D eigenvalue weighted by atomic mass is 10.1. The van der Waals surface area contributed by atoms with E-state index in [2.05, 4.69) is 11.8 Å². The minimum Gasteiger partial charge on any atom is -0.294 e. The maximum absolute atomic E-state index is 11.2. The third-order valence-corrected chi connectivity index (χ3v) is 1.70. The van der Waals surface area contributed by atoms with Crippen LogP contribution in [0.25, 0.3) is 0 Å². The Labute approximate surface area is 83.2 Å². The summed E-state index contributed by atoms with van der Waals surface area (Å²) in [6, 6.07) is 9.06. The standard InChI is InChI=1S/C12H9NO/c1-10(14)12-8-3-2-6-11(12)7-4-5-9-13/h2-3,6,8H,5H2,1H3. The summed E-state index contributed by atoms with van der Waals surface area (Å²) in [5.41, 5.74) is 1.30. The summed E-state index contributed by atoms with van der Waals surface area (Å²) < 4.78 is 0. The molecule has 0 fully saturated rings. The van der Waals surface area contributed by atoms with Crippen LogP contribution in [0, 0.1) is 23.2 Å². The van der Waals surface area contributed by atoms with Gasteiger partial charge in [-0.3, -0.25) is 4.79 Å². The Hall–Kier alpha value is -2.06. The fourth-order valence-electron chi connectivity index (χ4n) is 1.08. The lowest BCUT2D eigenvalue weighted by Crippen LogP contribution is -1.95. The van der Waals surface area contributed by atoms with Gasteiger partial charge in [0.1, 0.15) is 0 Å². The molecule has 0 radical (unpaired) electrons. The first-order valence-electron chi connectivity index (χ1n) is 4.21. The molecule has 0 atom stereocenters. The van der Waals surface area contributed by atoms with Crippen molar-refractivity contribution in [3.63, 3.8) is 0 Å². The molecule has 0 aliphatic carbocycles. The molecule has 0 saturated heterocycles. The minimum absolute atomic E-state index is 0.00754. The molecule has 0 aromatic heterocycles. The quantitative estimate of drug-likeness (QED) is 0.494. The van der Waals surface area contributed by atoms with E-state index in [-0.39, 0.29) is 12.2 Å². The van der Waals surface area contributed by atoms with Crippen LogP contribution in [-0.4, -0.2) is 5.78 Å². The molecule has 0 heterocycles. The molecule has 2 nitrogen and oxygen atoms in total. The summed E-state index contributed by atoms with van der Waals surface area (Å²) in [5.74, 6) is 5.48. The van der Waals surface area contributed by atoms with Crippen molar-refractivity contribution in [2.75, 3.05) is 0 Å². The van der Waals surface area contributed by atoms with E-state index in [4.69, 9.17) is 5.26 Å². The van der Waals surface area contributed by atoms with E-state index in [9.17, 15) is 4.79 Å². The molecular formula is C12H9NO. The van der Waals surface area contributed by atoms with Gasteiger partial charge in [-0.2, -0.15) is 5.26 Å². The van der Waals surface area contributed by atoms with Gasteiger partial charge in [-0.15, -0.1) is 0 Å². The lowest BCUT2D eigenvalue weighted by Gasteiger charge is -1.97. The lowest BCUT2D eigenvalue weighted by molar-refractivity contribution is 0.101. The van der Waals surface area contributed by atoms with Gasteiger partial charge in [0, 0.05) is 11.1 Å². The molecule has 0 N–H and O–H groups in total. The molecule has 1 aromatic rings. The summed E-state index contributed by atoms with van der Waals surface area (Å²) in [5, 5.41) is 8.30. The van der Waals surface area contributed by atoms with Gasteiger partial charge >= 0.3 is 0 Å². The largest absolute Gasteiger partial charge is 0.294 e. The number of carbonyl (C=O) groups excluding carboxylic acids is 1. The second-order valence-corrected chi connectivity index (χ2v) is 2.74. The zero-order valence-electron chi connectivity index (χ0n) is 7.87. The number of benzene rings is 1. The molecule has 0 spiro atoms. The maximum Gasteiger partial charge on any atom is 0.161 e. The van der Waals surface area contributed by atoms with E-state index >= 15 is 0 Å². The van der Waals surface area contributed by atoms with Crippen molar-refractivity contribution >= 4 is 5.78 Å². The molecule has 1 aromatic carbocycles. The second-order valence-electron chi connectivity index (χ2n) is 2.74. The van der Waals surface area contributed by atoms with Crippen molar-refractivity contribution < 1.29 is 4.79 Å². The zero-order valence-corrected chi connectivity index (χ0v) is 7.87. The number of carbonyl (C=O) groups is 1. The van der Waals surface area contributed by atoms with Gasteiger partial charge in [-0.25, -0.2) is 0 Å². The predicted molar refractivity (Wildman–Crippen MR) is 53.6 cm³/mol. The highest BCUT2D eigenvalue weighted by Gasteiger charge is 2.02. The highest BCUT2D eigenvalue weighted by molar-refractivity contribution is 5.96.